The summed E-state index contributed by atoms with van der Waals surface area (Å²) in [5, 5.41) is 3.82. The fourth-order valence-corrected chi connectivity index (χ4v) is 5.04. The number of hydrogen-bond acceptors (Lipinski definition) is 4. The highest BCUT2D eigenvalue weighted by molar-refractivity contribution is 7.92. The Morgan fingerprint density at radius 1 is 1.27 bits per heavy atom. The lowest BCUT2D eigenvalue weighted by Crippen LogP contribution is -2.57. The fourth-order valence-electron chi connectivity index (χ4n) is 3.02. The van der Waals surface area contributed by atoms with Gasteiger partial charge in [0.25, 0.3) is 5.91 Å². The van der Waals surface area contributed by atoms with Gasteiger partial charge in [-0.3, -0.25) is 9.48 Å². The number of aromatic nitrogens is 2. The summed E-state index contributed by atoms with van der Waals surface area (Å²) < 4.78 is 39.0. The maximum Gasteiger partial charge on any atom is 0.272 e. The molecule has 6 nitrogen and oxygen atoms in total. The minimum atomic E-state index is -3.18. The number of aryl methyl sites for hydroxylation is 1. The number of nitrogens with zero attached hydrogens (tertiary/aromatic N) is 3. The molecule has 0 atom stereocenters. The van der Waals surface area contributed by atoms with Crippen LogP contribution in [0.2, 0.25) is 0 Å². The van der Waals surface area contributed by atoms with Gasteiger partial charge in [0.05, 0.1) is 16.7 Å². The molecule has 26 heavy (non-hydrogen) atoms. The zero-order valence-corrected chi connectivity index (χ0v) is 15.8. The van der Waals surface area contributed by atoms with Gasteiger partial charge in [-0.15, -0.1) is 0 Å². The van der Waals surface area contributed by atoms with E-state index in [4.69, 9.17) is 0 Å². The van der Waals surface area contributed by atoms with Gasteiger partial charge in [0.15, 0.2) is 9.84 Å². The summed E-state index contributed by atoms with van der Waals surface area (Å²) in [6.07, 6.45) is 0. The largest absolute Gasteiger partial charge is 0.335 e. The highest BCUT2D eigenvalue weighted by Gasteiger charge is 2.40. The molecule has 1 aliphatic heterocycles. The van der Waals surface area contributed by atoms with E-state index in [1.54, 1.807) is 25.2 Å². The summed E-state index contributed by atoms with van der Waals surface area (Å²) in [6.45, 7) is 4.16. The lowest BCUT2D eigenvalue weighted by molar-refractivity contribution is 0.0647. The number of amides is 1. The van der Waals surface area contributed by atoms with E-state index in [0.717, 1.165) is 0 Å². The van der Waals surface area contributed by atoms with Crippen molar-refractivity contribution in [1.82, 2.24) is 14.7 Å². The maximum atomic E-state index is 13.1. The van der Waals surface area contributed by atoms with Crippen LogP contribution in [0.25, 0.3) is 11.3 Å². The molecule has 0 saturated carbocycles. The Balaban J connectivity index is 1.71. The first-order chi connectivity index (χ1) is 12.2. The summed E-state index contributed by atoms with van der Waals surface area (Å²) in [4.78, 5) is 14.2. The van der Waals surface area contributed by atoms with Gasteiger partial charge in [0, 0.05) is 25.7 Å². The van der Waals surface area contributed by atoms with Gasteiger partial charge in [0.1, 0.15) is 11.5 Å². The molecule has 0 unspecified atom stereocenters. The van der Waals surface area contributed by atoms with Gasteiger partial charge >= 0.3 is 0 Å². The van der Waals surface area contributed by atoms with Crippen LogP contribution in [-0.4, -0.2) is 53.1 Å². The molecule has 1 aliphatic rings. The molecule has 0 spiro atoms. The molecule has 1 fully saturated rings. The van der Waals surface area contributed by atoms with Gasteiger partial charge in [0.2, 0.25) is 0 Å². The zero-order chi connectivity index (χ0) is 19.1. The number of carbonyl (C=O) groups is 1. The normalized spacial score (nSPS) is 15.3. The van der Waals surface area contributed by atoms with Crippen LogP contribution in [0.5, 0.6) is 0 Å². The average Bonchev–Trinajstić information content (AvgIpc) is 2.86. The van der Waals surface area contributed by atoms with Crippen molar-refractivity contribution in [2.75, 3.05) is 18.8 Å². The molecule has 0 bridgehead atoms. The third-order valence-electron chi connectivity index (χ3n) is 4.45. The van der Waals surface area contributed by atoms with E-state index in [2.05, 4.69) is 5.10 Å². The molecular formula is C18H22FN3O3S. The lowest BCUT2D eigenvalue weighted by atomic mass is 10.1. The van der Waals surface area contributed by atoms with Gasteiger partial charge < -0.3 is 4.90 Å². The molecule has 1 aromatic carbocycles. The van der Waals surface area contributed by atoms with Crippen molar-refractivity contribution in [3.63, 3.8) is 0 Å². The van der Waals surface area contributed by atoms with Gasteiger partial charge in [-0.05, 0) is 36.2 Å². The van der Waals surface area contributed by atoms with E-state index >= 15 is 0 Å². The second kappa shape index (κ2) is 6.83. The monoisotopic (exact) mass is 379 g/mol. The number of rotatable bonds is 5. The lowest BCUT2D eigenvalue weighted by Gasteiger charge is -2.38. The Hall–Kier alpha value is -2.22. The highest BCUT2D eigenvalue weighted by Crippen LogP contribution is 2.24. The molecule has 140 valence electrons. The third-order valence-corrected chi connectivity index (χ3v) is 6.89. The Bertz CT molecular complexity index is 914. The Kier molecular flexibility index (Phi) is 4.88. The molecule has 0 radical (unpaired) electrons. The smallest absolute Gasteiger partial charge is 0.272 e. The van der Waals surface area contributed by atoms with E-state index in [1.165, 1.54) is 21.7 Å². The standard InChI is InChI=1S/C18H22FN3O3S/c1-12(2)11-26(24,25)15-9-22(10-15)18(23)17-8-16(20-21(17)3)13-4-6-14(19)7-5-13/h4-8,12,15H,9-11H2,1-3H3. The summed E-state index contributed by atoms with van der Waals surface area (Å²) in [6, 6.07) is 7.52. The number of hydrogen-bond donors (Lipinski definition) is 0. The number of carbonyl (C=O) groups excluding carboxylic acids is 1. The first kappa shape index (κ1) is 18.6. The molecule has 8 heteroatoms. The first-order valence-corrected chi connectivity index (χ1v) is 10.2. The van der Waals surface area contributed by atoms with Gasteiger partial charge in [-0.2, -0.15) is 5.10 Å². The molecule has 3 rings (SSSR count). The van der Waals surface area contributed by atoms with Crippen LogP contribution in [0, 0.1) is 11.7 Å². The summed E-state index contributed by atoms with van der Waals surface area (Å²) >= 11 is 0. The van der Waals surface area contributed by atoms with Crippen molar-refractivity contribution in [1.29, 1.82) is 0 Å². The van der Waals surface area contributed by atoms with E-state index in [0.29, 0.717) is 17.0 Å². The zero-order valence-electron chi connectivity index (χ0n) is 15.0. The third kappa shape index (κ3) is 3.65. The van der Waals surface area contributed by atoms with Crippen LogP contribution in [0.3, 0.4) is 0 Å². The van der Waals surface area contributed by atoms with Gasteiger partial charge in [-0.1, -0.05) is 13.8 Å². The van der Waals surface area contributed by atoms with Crippen LogP contribution in [-0.2, 0) is 16.9 Å². The topological polar surface area (TPSA) is 72.3 Å². The van der Waals surface area contributed by atoms with Crippen LogP contribution in [0.1, 0.15) is 24.3 Å². The first-order valence-electron chi connectivity index (χ1n) is 8.48. The van der Waals surface area contributed by atoms with Crippen LogP contribution < -0.4 is 0 Å². The minimum absolute atomic E-state index is 0.0695. The minimum Gasteiger partial charge on any atom is -0.335 e. The summed E-state index contributed by atoms with van der Waals surface area (Å²) in [7, 11) is -1.52. The van der Waals surface area contributed by atoms with Crippen LogP contribution in [0.15, 0.2) is 30.3 Å². The number of sulfone groups is 1. The molecule has 1 aromatic heterocycles. The number of benzene rings is 1. The summed E-state index contributed by atoms with van der Waals surface area (Å²) in [5.74, 6) is -0.375. The van der Waals surface area contributed by atoms with Crippen molar-refractivity contribution in [2.24, 2.45) is 13.0 Å². The van der Waals surface area contributed by atoms with Gasteiger partial charge in [-0.25, -0.2) is 12.8 Å². The number of halogens is 1. The molecule has 0 N–H and O–H groups in total. The fraction of sp³-hybridized carbons (Fsp3) is 0.444. The molecule has 0 aliphatic carbocycles. The molecular weight excluding hydrogens is 357 g/mol. The van der Waals surface area contributed by atoms with Crippen molar-refractivity contribution >= 4 is 15.7 Å². The second-order valence-electron chi connectivity index (χ2n) is 7.10. The molecule has 2 heterocycles. The van der Waals surface area contributed by atoms with Crippen LogP contribution in [0.4, 0.5) is 4.39 Å². The van der Waals surface area contributed by atoms with Crippen molar-refractivity contribution in [2.45, 2.75) is 19.1 Å². The molecule has 1 amide bonds. The maximum absolute atomic E-state index is 13.1. The quantitative estimate of drug-likeness (QED) is 0.798. The molecule has 1 saturated heterocycles. The number of likely N-dealkylation sites (tertiary alicyclic amines) is 1. The molecule has 2 aromatic rings. The predicted molar refractivity (Wildman–Crippen MR) is 96.9 cm³/mol. The Morgan fingerprint density at radius 3 is 2.46 bits per heavy atom. The Labute approximate surface area is 152 Å². The second-order valence-corrected chi connectivity index (χ2v) is 9.43. The highest BCUT2D eigenvalue weighted by atomic mass is 32.2. The SMILES string of the molecule is CC(C)CS(=O)(=O)C1CN(C(=O)c2cc(-c3ccc(F)cc3)nn2C)C1. The van der Waals surface area contributed by atoms with E-state index in [-0.39, 0.29) is 36.5 Å². The van der Waals surface area contributed by atoms with Crippen LogP contribution >= 0.6 is 0 Å². The van der Waals surface area contributed by atoms with E-state index in [9.17, 15) is 17.6 Å². The van der Waals surface area contributed by atoms with E-state index in [1.807, 2.05) is 13.8 Å². The predicted octanol–water partition coefficient (Wildman–Crippen LogP) is 2.12. The average molecular weight is 379 g/mol. The van der Waals surface area contributed by atoms with Crippen molar-refractivity contribution in [3.8, 4) is 11.3 Å². The van der Waals surface area contributed by atoms with Crippen molar-refractivity contribution in [3.05, 3.63) is 41.8 Å². The summed E-state index contributed by atoms with van der Waals surface area (Å²) in [5.41, 5.74) is 1.66. The Morgan fingerprint density at radius 2 is 1.88 bits per heavy atom. The van der Waals surface area contributed by atoms with Crippen molar-refractivity contribution < 1.29 is 17.6 Å². The van der Waals surface area contributed by atoms with E-state index < -0.39 is 15.1 Å².